The average Bonchev–Trinajstić information content (AvgIpc) is 3.11. The first-order chi connectivity index (χ1) is 10.6. The van der Waals surface area contributed by atoms with E-state index in [0.29, 0.717) is 10.8 Å². The van der Waals surface area contributed by atoms with Crippen molar-refractivity contribution in [1.29, 1.82) is 0 Å². The number of carboxylic acid groups (broad SMARTS) is 1. The summed E-state index contributed by atoms with van der Waals surface area (Å²) >= 11 is 1.37. The van der Waals surface area contributed by atoms with E-state index in [0.717, 1.165) is 36.1 Å². The fraction of sp³-hybridized carbons (Fsp3) is 0.250. The first-order valence-electron chi connectivity index (χ1n) is 7.05. The molecule has 1 aliphatic rings. The number of amides is 1. The predicted molar refractivity (Wildman–Crippen MR) is 84.3 cm³/mol. The molecule has 22 heavy (non-hydrogen) atoms. The molecule has 2 heterocycles. The summed E-state index contributed by atoms with van der Waals surface area (Å²) in [5.41, 5.74) is 1.13. The van der Waals surface area contributed by atoms with Crippen LogP contribution in [0.3, 0.4) is 0 Å². The minimum absolute atomic E-state index is 0.249. The third-order valence-corrected chi connectivity index (χ3v) is 4.77. The van der Waals surface area contributed by atoms with Gasteiger partial charge in [-0.1, -0.05) is 0 Å². The zero-order valence-electron chi connectivity index (χ0n) is 11.8. The van der Waals surface area contributed by atoms with Gasteiger partial charge >= 0.3 is 5.97 Å². The van der Waals surface area contributed by atoms with E-state index in [4.69, 9.17) is 4.42 Å². The van der Waals surface area contributed by atoms with Gasteiger partial charge in [0.05, 0.1) is 11.8 Å². The van der Waals surface area contributed by atoms with Crippen LogP contribution >= 0.6 is 11.3 Å². The summed E-state index contributed by atoms with van der Waals surface area (Å²) in [6.07, 6.45) is 8.12. The van der Waals surface area contributed by atoms with Crippen LogP contribution in [0, 0.1) is 0 Å². The lowest BCUT2D eigenvalue weighted by Gasteiger charge is -2.10. The Morgan fingerprint density at radius 1 is 1.32 bits per heavy atom. The summed E-state index contributed by atoms with van der Waals surface area (Å²) in [5, 5.41) is 12.5. The molecule has 0 fully saturated rings. The van der Waals surface area contributed by atoms with E-state index < -0.39 is 5.97 Å². The molecule has 3 rings (SSSR count). The normalized spacial score (nSPS) is 14.0. The monoisotopic (exact) mass is 317 g/mol. The summed E-state index contributed by atoms with van der Waals surface area (Å²) in [6.45, 7) is 0. The summed E-state index contributed by atoms with van der Waals surface area (Å²) in [4.78, 5) is 24.6. The molecule has 0 saturated carbocycles. The van der Waals surface area contributed by atoms with E-state index >= 15 is 0 Å². The van der Waals surface area contributed by atoms with E-state index in [1.807, 2.05) is 0 Å². The average molecular weight is 317 g/mol. The van der Waals surface area contributed by atoms with E-state index in [1.54, 1.807) is 18.2 Å². The lowest BCUT2D eigenvalue weighted by Crippen LogP contribution is -2.11. The van der Waals surface area contributed by atoms with E-state index in [1.165, 1.54) is 23.7 Å². The molecule has 2 N–H and O–H groups in total. The van der Waals surface area contributed by atoms with Gasteiger partial charge in [-0.3, -0.25) is 4.79 Å². The van der Waals surface area contributed by atoms with Gasteiger partial charge in [-0.25, -0.2) is 4.79 Å². The molecule has 2 aromatic heterocycles. The Morgan fingerprint density at radius 2 is 2.14 bits per heavy atom. The highest BCUT2D eigenvalue weighted by atomic mass is 32.1. The number of hydrogen-bond acceptors (Lipinski definition) is 4. The summed E-state index contributed by atoms with van der Waals surface area (Å²) in [6, 6.07) is 3.46. The van der Waals surface area contributed by atoms with Crippen LogP contribution in [0.1, 0.15) is 39.4 Å². The number of carbonyl (C=O) groups is 2. The highest BCUT2D eigenvalue weighted by molar-refractivity contribution is 7.17. The zero-order valence-corrected chi connectivity index (χ0v) is 12.6. The van der Waals surface area contributed by atoms with Gasteiger partial charge in [0, 0.05) is 11.0 Å². The van der Waals surface area contributed by atoms with Crippen LogP contribution in [0.4, 0.5) is 5.00 Å². The lowest BCUT2D eigenvalue weighted by molar-refractivity contribution is -0.111. The largest absolute Gasteiger partial charge is 0.478 e. The van der Waals surface area contributed by atoms with Crippen LogP contribution in [0.15, 0.2) is 28.9 Å². The second-order valence-electron chi connectivity index (χ2n) is 5.06. The molecule has 0 bridgehead atoms. The number of nitrogens with one attached hydrogen (secondary N) is 1. The maximum absolute atomic E-state index is 12.0. The molecule has 0 aliphatic heterocycles. The predicted octanol–water partition coefficient (Wildman–Crippen LogP) is 3.57. The molecule has 1 amide bonds. The summed E-state index contributed by atoms with van der Waals surface area (Å²) < 4.78 is 5.10. The van der Waals surface area contributed by atoms with Gasteiger partial charge in [-0.2, -0.15) is 0 Å². The molecular weight excluding hydrogens is 302 g/mol. The second-order valence-corrected chi connectivity index (χ2v) is 6.16. The number of rotatable bonds is 4. The smallest absolute Gasteiger partial charge is 0.339 e. The molecule has 0 radical (unpaired) electrons. The van der Waals surface area contributed by atoms with E-state index in [-0.39, 0.29) is 11.5 Å². The first kappa shape index (κ1) is 14.6. The van der Waals surface area contributed by atoms with Crippen LogP contribution in [0.5, 0.6) is 0 Å². The van der Waals surface area contributed by atoms with Crippen molar-refractivity contribution in [2.75, 3.05) is 5.32 Å². The standard InChI is InChI=1S/C16H15NO4S/c18-13(8-7-10-4-3-9-21-10)17-15-14(16(19)20)11-5-1-2-6-12(11)22-15/h3-4,7-9H,1-2,5-6H2,(H,17,18)(H,19,20)/b8-7-. The fourth-order valence-corrected chi connectivity index (χ4v) is 3.86. The maximum atomic E-state index is 12.0. The highest BCUT2D eigenvalue weighted by Crippen LogP contribution is 2.38. The molecule has 0 spiro atoms. The van der Waals surface area contributed by atoms with Gasteiger partial charge in [0.2, 0.25) is 5.91 Å². The van der Waals surface area contributed by atoms with Crippen molar-refractivity contribution >= 4 is 34.3 Å². The fourth-order valence-electron chi connectivity index (χ4n) is 2.58. The molecular formula is C16H15NO4S. The molecule has 114 valence electrons. The van der Waals surface area contributed by atoms with Crippen molar-refractivity contribution in [2.24, 2.45) is 0 Å². The quantitative estimate of drug-likeness (QED) is 0.845. The first-order valence-corrected chi connectivity index (χ1v) is 7.87. The number of carboxylic acids is 1. The Morgan fingerprint density at radius 3 is 2.86 bits per heavy atom. The van der Waals surface area contributed by atoms with Gasteiger partial charge in [0.15, 0.2) is 0 Å². The molecule has 5 nitrogen and oxygen atoms in total. The third kappa shape index (κ3) is 2.96. The molecule has 1 aliphatic carbocycles. The number of furan rings is 1. The summed E-state index contributed by atoms with van der Waals surface area (Å²) in [5.74, 6) is -0.777. The molecule has 0 aromatic carbocycles. The van der Waals surface area contributed by atoms with Gasteiger partial charge in [0.25, 0.3) is 0 Å². The van der Waals surface area contributed by atoms with Gasteiger partial charge in [-0.15, -0.1) is 11.3 Å². The number of fused-ring (bicyclic) bond motifs is 1. The SMILES string of the molecule is O=C(/C=C\c1ccco1)Nc1sc2c(c1C(=O)O)CCCC2. The van der Waals surface area contributed by atoms with Crippen molar-refractivity contribution in [3.63, 3.8) is 0 Å². The molecule has 0 atom stereocenters. The van der Waals surface area contributed by atoms with Crippen molar-refractivity contribution in [3.05, 3.63) is 46.2 Å². The zero-order chi connectivity index (χ0) is 15.5. The number of carbonyl (C=O) groups excluding carboxylic acids is 1. The number of aromatic carboxylic acids is 1. The van der Waals surface area contributed by atoms with Crippen LogP contribution in [-0.2, 0) is 17.6 Å². The van der Waals surface area contributed by atoms with Crippen LogP contribution in [0.25, 0.3) is 6.08 Å². The Labute approximate surface area is 131 Å². The third-order valence-electron chi connectivity index (χ3n) is 3.56. The maximum Gasteiger partial charge on any atom is 0.339 e. The van der Waals surface area contributed by atoms with E-state index in [2.05, 4.69) is 5.32 Å². The minimum atomic E-state index is -0.982. The second kappa shape index (κ2) is 6.19. The number of anilines is 1. The van der Waals surface area contributed by atoms with Gasteiger partial charge in [-0.05, 0) is 49.5 Å². The van der Waals surface area contributed by atoms with E-state index in [9.17, 15) is 14.7 Å². The number of hydrogen-bond donors (Lipinski definition) is 2. The minimum Gasteiger partial charge on any atom is -0.478 e. The van der Waals surface area contributed by atoms with Gasteiger partial charge in [0.1, 0.15) is 10.8 Å². The molecule has 6 heteroatoms. The van der Waals surface area contributed by atoms with Crippen LogP contribution in [0.2, 0.25) is 0 Å². The van der Waals surface area contributed by atoms with Crippen molar-refractivity contribution in [1.82, 2.24) is 0 Å². The van der Waals surface area contributed by atoms with Crippen molar-refractivity contribution < 1.29 is 19.1 Å². The van der Waals surface area contributed by atoms with Crippen molar-refractivity contribution in [2.45, 2.75) is 25.7 Å². The number of thiophene rings is 1. The van der Waals surface area contributed by atoms with Crippen LogP contribution in [-0.4, -0.2) is 17.0 Å². The van der Waals surface area contributed by atoms with Crippen molar-refractivity contribution in [3.8, 4) is 0 Å². The number of aryl methyl sites for hydroxylation is 1. The Balaban J connectivity index is 1.81. The Bertz CT molecular complexity index is 728. The highest BCUT2D eigenvalue weighted by Gasteiger charge is 2.25. The Kier molecular flexibility index (Phi) is 4.11. The topological polar surface area (TPSA) is 79.5 Å². The molecule has 0 saturated heterocycles. The lowest BCUT2D eigenvalue weighted by atomic mass is 9.95. The van der Waals surface area contributed by atoms with Crippen LogP contribution < -0.4 is 5.32 Å². The van der Waals surface area contributed by atoms with Gasteiger partial charge < -0.3 is 14.8 Å². The Hall–Kier alpha value is -2.34. The molecule has 0 unspecified atom stereocenters. The molecule has 2 aromatic rings. The summed E-state index contributed by atoms with van der Waals surface area (Å²) in [7, 11) is 0.